The van der Waals surface area contributed by atoms with Gasteiger partial charge >= 0.3 is 0 Å². The molecule has 0 saturated carbocycles. The molecule has 26 heavy (non-hydrogen) atoms. The summed E-state index contributed by atoms with van der Waals surface area (Å²) in [5.41, 5.74) is 1.09. The number of nitrogens with zero attached hydrogens (tertiary/aromatic N) is 1. The molecule has 0 spiro atoms. The number of nitrogens with one attached hydrogen (secondary N) is 1. The molecule has 0 aliphatic carbocycles. The molecular formula is C21H24N2O3. The van der Waals surface area contributed by atoms with E-state index in [1.165, 1.54) is 0 Å². The van der Waals surface area contributed by atoms with Gasteiger partial charge in [-0.15, -0.1) is 0 Å². The van der Waals surface area contributed by atoms with Gasteiger partial charge < -0.3 is 19.7 Å². The number of carbonyl (C=O) groups excluding carboxylic acids is 1. The number of hydrogen-bond acceptors (Lipinski definition) is 4. The summed E-state index contributed by atoms with van der Waals surface area (Å²) < 4.78 is 11.7. The van der Waals surface area contributed by atoms with E-state index in [1.807, 2.05) is 59.5 Å². The monoisotopic (exact) mass is 352 g/mol. The molecule has 0 radical (unpaired) electrons. The number of likely N-dealkylation sites (tertiary alicyclic amines) is 1. The van der Waals surface area contributed by atoms with E-state index in [4.69, 9.17) is 9.47 Å². The Bertz CT molecular complexity index is 738. The highest BCUT2D eigenvalue weighted by Crippen LogP contribution is 2.29. The fourth-order valence-corrected chi connectivity index (χ4v) is 3.71. The zero-order chi connectivity index (χ0) is 17.8. The molecule has 5 nitrogen and oxygen atoms in total. The van der Waals surface area contributed by atoms with Gasteiger partial charge in [-0.2, -0.15) is 0 Å². The van der Waals surface area contributed by atoms with Crippen molar-refractivity contribution >= 4 is 5.91 Å². The second-order valence-electron chi connectivity index (χ2n) is 6.99. The average molecular weight is 352 g/mol. The molecule has 0 aromatic heterocycles. The van der Waals surface area contributed by atoms with Crippen LogP contribution in [0.2, 0.25) is 0 Å². The van der Waals surface area contributed by atoms with Crippen LogP contribution >= 0.6 is 0 Å². The second-order valence-corrected chi connectivity index (χ2v) is 6.99. The van der Waals surface area contributed by atoms with Crippen molar-refractivity contribution in [1.29, 1.82) is 0 Å². The summed E-state index contributed by atoms with van der Waals surface area (Å²) in [5.74, 6) is 2.52. The quantitative estimate of drug-likeness (QED) is 0.867. The Hall–Kier alpha value is -2.53. The molecule has 4 rings (SSSR count). The first kappa shape index (κ1) is 16.9. The van der Waals surface area contributed by atoms with Crippen molar-refractivity contribution < 1.29 is 14.3 Å². The number of benzene rings is 2. The lowest BCUT2D eigenvalue weighted by atomic mass is 10.0. The molecule has 2 aromatic carbocycles. The van der Waals surface area contributed by atoms with E-state index in [-0.39, 0.29) is 12.5 Å². The Labute approximate surface area is 153 Å². The summed E-state index contributed by atoms with van der Waals surface area (Å²) in [6.07, 6.45) is 0. The number of amides is 1. The van der Waals surface area contributed by atoms with Crippen molar-refractivity contribution in [1.82, 2.24) is 10.2 Å². The number of fused-ring (bicyclic) bond motifs is 1. The van der Waals surface area contributed by atoms with E-state index in [1.54, 1.807) is 0 Å². The first-order chi connectivity index (χ1) is 12.8. The summed E-state index contributed by atoms with van der Waals surface area (Å²) >= 11 is 0. The van der Waals surface area contributed by atoms with Crippen molar-refractivity contribution in [3.05, 3.63) is 60.2 Å². The molecule has 2 saturated heterocycles. The molecule has 0 bridgehead atoms. The number of ether oxygens (including phenoxy) is 2. The Balaban J connectivity index is 1.32. The molecule has 2 aliphatic rings. The van der Waals surface area contributed by atoms with Crippen molar-refractivity contribution in [2.45, 2.75) is 6.61 Å². The lowest BCUT2D eigenvalue weighted by Crippen LogP contribution is -2.35. The minimum atomic E-state index is 0.0530. The van der Waals surface area contributed by atoms with Crippen molar-refractivity contribution in [3.63, 3.8) is 0 Å². The smallest absolute Gasteiger partial charge is 0.260 e. The molecule has 2 aliphatic heterocycles. The molecule has 0 unspecified atom stereocenters. The molecule has 1 amide bonds. The van der Waals surface area contributed by atoms with Gasteiger partial charge in [-0.25, -0.2) is 0 Å². The van der Waals surface area contributed by atoms with E-state index in [2.05, 4.69) is 5.32 Å². The summed E-state index contributed by atoms with van der Waals surface area (Å²) in [4.78, 5) is 14.4. The first-order valence-corrected chi connectivity index (χ1v) is 9.16. The first-order valence-electron chi connectivity index (χ1n) is 9.16. The van der Waals surface area contributed by atoms with E-state index in [0.29, 0.717) is 29.9 Å². The van der Waals surface area contributed by atoms with Crippen LogP contribution in [0.15, 0.2) is 54.6 Å². The Morgan fingerprint density at radius 2 is 1.54 bits per heavy atom. The van der Waals surface area contributed by atoms with Crippen molar-refractivity contribution in [3.8, 4) is 11.5 Å². The minimum Gasteiger partial charge on any atom is -0.485 e. The van der Waals surface area contributed by atoms with Gasteiger partial charge in [-0.1, -0.05) is 42.5 Å². The predicted octanol–water partition coefficient (Wildman–Crippen LogP) is 2.32. The standard InChI is InChI=1S/C21H24N2O3/c24-21(23-12-17-10-22-11-18(17)13-23)15-26-20-9-5-4-8-19(20)25-14-16-6-2-1-3-7-16/h1-9,17-18,22H,10-15H2/t17-,18+. The van der Waals surface area contributed by atoms with Crippen molar-refractivity contribution in [2.75, 3.05) is 32.8 Å². The van der Waals surface area contributed by atoms with Gasteiger partial charge in [0.05, 0.1) is 0 Å². The number of hydrogen-bond donors (Lipinski definition) is 1. The van der Waals surface area contributed by atoms with Gasteiger partial charge in [0.15, 0.2) is 18.1 Å². The average Bonchev–Trinajstić information content (AvgIpc) is 3.28. The van der Waals surface area contributed by atoms with Crippen LogP contribution in [-0.4, -0.2) is 43.6 Å². The predicted molar refractivity (Wildman–Crippen MR) is 99.1 cm³/mol. The van der Waals surface area contributed by atoms with Gasteiger partial charge in [0.25, 0.3) is 5.91 Å². The van der Waals surface area contributed by atoms with Crippen LogP contribution in [0, 0.1) is 11.8 Å². The zero-order valence-corrected chi connectivity index (χ0v) is 14.8. The molecule has 2 aromatic rings. The molecule has 2 atom stereocenters. The normalized spacial score (nSPS) is 21.5. The Morgan fingerprint density at radius 3 is 2.23 bits per heavy atom. The van der Waals surface area contributed by atoms with Crippen LogP contribution in [-0.2, 0) is 11.4 Å². The molecule has 2 fully saturated rings. The highest BCUT2D eigenvalue weighted by Gasteiger charge is 2.38. The van der Waals surface area contributed by atoms with Crippen molar-refractivity contribution in [2.24, 2.45) is 11.8 Å². The van der Waals surface area contributed by atoms with E-state index in [0.717, 1.165) is 31.7 Å². The lowest BCUT2D eigenvalue weighted by molar-refractivity contribution is -0.132. The lowest BCUT2D eigenvalue weighted by Gasteiger charge is -2.18. The maximum atomic E-state index is 12.5. The number of carbonyl (C=O) groups is 1. The summed E-state index contributed by atoms with van der Waals surface area (Å²) in [7, 11) is 0. The van der Waals surface area contributed by atoms with Gasteiger partial charge in [0.2, 0.25) is 0 Å². The third-order valence-electron chi connectivity index (χ3n) is 5.18. The second kappa shape index (κ2) is 7.79. The number of rotatable bonds is 6. The molecule has 136 valence electrons. The maximum absolute atomic E-state index is 12.5. The van der Waals surface area contributed by atoms with Crippen LogP contribution in [0.1, 0.15) is 5.56 Å². The van der Waals surface area contributed by atoms with Gasteiger partial charge in [-0.3, -0.25) is 4.79 Å². The molecule has 5 heteroatoms. The van der Waals surface area contributed by atoms with E-state index < -0.39 is 0 Å². The van der Waals surface area contributed by atoms with Crippen LogP contribution in [0.3, 0.4) is 0 Å². The molecule has 2 heterocycles. The fourth-order valence-electron chi connectivity index (χ4n) is 3.71. The number of para-hydroxylation sites is 2. The van der Waals surface area contributed by atoms with Crippen LogP contribution in [0.5, 0.6) is 11.5 Å². The van der Waals surface area contributed by atoms with Crippen LogP contribution in [0.4, 0.5) is 0 Å². The summed E-state index contributed by atoms with van der Waals surface area (Å²) in [6, 6.07) is 17.5. The third-order valence-corrected chi connectivity index (χ3v) is 5.18. The Morgan fingerprint density at radius 1 is 0.923 bits per heavy atom. The fraction of sp³-hybridized carbons (Fsp3) is 0.381. The zero-order valence-electron chi connectivity index (χ0n) is 14.8. The maximum Gasteiger partial charge on any atom is 0.260 e. The van der Waals surface area contributed by atoms with E-state index >= 15 is 0 Å². The summed E-state index contributed by atoms with van der Waals surface area (Å²) in [6.45, 7) is 4.24. The SMILES string of the molecule is O=C(COc1ccccc1OCc1ccccc1)N1C[C@H]2CNC[C@H]2C1. The topological polar surface area (TPSA) is 50.8 Å². The minimum absolute atomic E-state index is 0.0530. The largest absolute Gasteiger partial charge is 0.485 e. The molecule has 1 N–H and O–H groups in total. The van der Waals surface area contributed by atoms with Gasteiger partial charge in [0, 0.05) is 26.2 Å². The van der Waals surface area contributed by atoms with Crippen LogP contribution in [0.25, 0.3) is 0 Å². The highest BCUT2D eigenvalue weighted by atomic mass is 16.5. The third kappa shape index (κ3) is 3.83. The van der Waals surface area contributed by atoms with Gasteiger partial charge in [-0.05, 0) is 29.5 Å². The Kier molecular flexibility index (Phi) is 5.07. The van der Waals surface area contributed by atoms with Crippen LogP contribution < -0.4 is 14.8 Å². The molecular weight excluding hydrogens is 328 g/mol. The highest BCUT2D eigenvalue weighted by molar-refractivity contribution is 5.78. The van der Waals surface area contributed by atoms with Gasteiger partial charge in [0.1, 0.15) is 6.61 Å². The van der Waals surface area contributed by atoms with E-state index in [9.17, 15) is 4.79 Å². The summed E-state index contributed by atoms with van der Waals surface area (Å²) in [5, 5.41) is 3.39.